The number of hydrogen-bond donors (Lipinski definition) is 2. The number of benzene rings is 1. The number of allylic oxidation sites excluding steroid dienone is 2. The summed E-state index contributed by atoms with van der Waals surface area (Å²) in [5.74, 6) is -0.619. The van der Waals surface area contributed by atoms with Crippen LogP contribution in [0.3, 0.4) is 0 Å². The summed E-state index contributed by atoms with van der Waals surface area (Å²) in [6.07, 6.45) is 2.06. The van der Waals surface area contributed by atoms with Crippen LogP contribution < -0.4 is 14.8 Å². The first-order valence-electron chi connectivity index (χ1n) is 8.88. The summed E-state index contributed by atoms with van der Waals surface area (Å²) in [5, 5.41) is 2.46. The van der Waals surface area contributed by atoms with Gasteiger partial charge in [-0.05, 0) is 38.5 Å². The molecular formula is C20H22N2O6S. The monoisotopic (exact) mass is 418 g/mol. The van der Waals surface area contributed by atoms with E-state index < -0.39 is 28.1 Å². The first-order chi connectivity index (χ1) is 13.6. The Kier molecular flexibility index (Phi) is 5.52. The molecule has 0 saturated heterocycles. The molecule has 2 N–H and O–H groups in total. The largest absolute Gasteiger partial charge is 0.495 e. The number of methoxy groups -OCH3 is 1. The number of esters is 1. The Morgan fingerprint density at radius 3 is 2.45 bits per heavy atom. The molecule has 8 nitrogen and oxygen atoms in total. The third-order valence-corrected chi connectivity index (χ3v) is 6.42. The van der Waals surface area contributed by atoms with Crippen LogP contribution in [0.25, 0.3) is 0 Å². The van der Waals surface area contributed by atoms with Crippen molar-refractivity contribution in [3.05, 3.63) is 58.0 Å². The number of ether oxygens (including phenoxy) is 2. The molecule has 1 aliphatic carbocycles. The van der Waals surface area contributed by atoms with E-state index in [0.29, 0.717) is 22.6 Å². The lowest BCUT2D eigenvalue weighted by molar-refractivity contribution is -0.143. The van der Waals surface area contributed by atoms with Gasteiger partial charge in [0.2, 0.25) is 0 Å². The summed E-state index contributed by atoms with van der Waals surface area (Å²) >= 11 is 0. The third kappa shape index (κ3) is 4.04. The molecule has 0 saturated carbocycles. The van der Waals surface area contributed by atoms with Crippen LogP contribution in [0.2, 0.25) is 0 Å². The Morgan fingerprint density at radius 2 is 1.76 bits per heavy atom. The van der Waals surface area contributed by atoms with Crippen molar-refractivity contribution >= 4 is 27.7 Å². The fourth-order valence-corrected chi connectivity index (χ4v) is 5.09. The van der Waals surface area contributed by atoms with Crippen LogP contribution in [-0.4, -0.2) is 33.6 Å². The number of sulfonamides is 1. The molecule has 0 fully saturated rings. The summed E-state index contributed by atoms with van der Waals surface area (Å²) in [5.41, 5.74) is 2.31. The van der Waals surface area contributed by atoms with Crippen molar-refractivity contribution in [3.63, 3.8) is 0 Å². The van der Waals surface area contributed by atoms with Crippen LogP contribution in [0.15, 0.2) is 58.0 Å². The van der Waals surface area contributed by atoms with Gasteiger partial charge in [0.1, 0.15) is 10.7 Å². The number of para-hydroxylation sites is 2. The molecule has 0 spiro atoms. The number of rotatable bonds is 4. The van der Waals surface area contributed by atoms with Gasteiger partial charge in [-0.3, -0.25) is 0 Å². The number of nitrogens with one attached hydrogen (secondary N) is 2. The predicted molar refractivity (Wildman–Crippen MR) is 108 cm³/mol. The highest BCUT2D eigenvalue weighted by molar-refractivity contribution is 7.94. The van der Waals surface area contributed by atoms with Crippen LogP contribution in [0, 0.1) is 5.92 Å². The molecule has 0 bridgehead atoms. The Bertz CT molecular complexity index is 1070. The molecule has 3 rings (SSSR count). The molecule has 1 aromatic rings. The van der Waals surface area contributed by atoms with E-state index >= 15 is 0 Å². The van der Waals surface area contributed by atoms with Gasteiger partial charge in [0.05, 0.1) is 12.8 Å². The summed E-state index contributed by atoms with van der Waals surface area (Å²) in [7, 11) is -2.85. The smallest absolute Gasteiger partial charge is 0.333 e. The Balaban J connectivity index is 1.90. The summed E-state index contributed by atoms with van der Waals surface area (Å²) < 4.78 is 38.5. The number of carbonyl (C=O) groups is 2. The van der Waals surface area contributed by atoms with E-state index in [4.69, 9.17) is 9.47 Å². The van der Waals surface area contributed by atoms with Gasteiger partial charge in [0.25, 0.3) is 10.0 Å². The van der Waals surface area contributed by atoms with Crippen molar-refractivity contribution in [1.82, 2.24) is 4.72 Å². The lowest BCUT2D eigenvalue weighted by Gasteiger charge is -2.36. The van der Waals surface area contributed by atoms with E-state index in [0.717, 1.165) is 5.57 Å². The second-order valence-electron chi connectivity index (χ2n) is 6.92. The molecule has 2 aliphatic rings. The van der Waals surface area contributed by atoms with Crippen molar-refractivity contribution in [2.45, 2.75) is 26.9 Å². The average molecular weight is 418 g/mol. The van der Waals surface area contributed by atoms with E-state index in [1.165, 1.54) is 13.2 Å². The number of amides is 2. The van der Waals surface area contributed by atoms with Gasteiger partial charge < -0.3 is 14.8 Å². The highest BCUT2D eigenvalue weighted by atomic mass is 32.2. The van der Waals surface area contributed by atoms with Crippen LogP contribution >= 0.6 is 0 Å². The van der Waals surface area contributed by atoms with Crippen molar-refractivity contribution < 1.29 is 27.5 Å². The molecule has 1 aliphatic heterocycles. The highest BCUT2D eigenvalue weighted by Crippen LogP contribution is 2.40. The van der Waals surface area contributed by atoms with E-state index in [-0.39, 0.29) is 10.8 Å². The maximum absolute atomic E-state index is 13.0. The molecule has 2 unspecified atom stereocenters. The standard InChI is InChI=1S/C20H22N2O6S/c1-11-9-13(3)19(18-17(11)12(2)10-16(23)28-18)29(25,26)22-20(24)21-14-7-5-6-8-15(14)27-4/h5-10,17-18H,1-4H3,(H2,21,22,24). The van der Waals surface area contributed by atoms with Crippen molar-refractivity contribution in [2.24, 2.45) is 5.92 Å². The lowest BCUT2D eigenvalue weighted by Crippen LogP contribution is -2.44. The molecule has 2 atom stereocenters. The molecule has 0 aromatic heterocycles. The fraction of sp³-hybridized carbons (Fsp3) is 0.300. The van der Waals surface area contributed by atoms with Crippen molar-refractivity contribution in [3.8, 4) is 5.75 Å². The van der Waals surface area contributed by atoms with E-state index in [2.05, 4.69) is 5.32 Å². The topological polar surface area (TPSA) is 111 Å². The van der Waals surface area contributed by atoms with Gasteiger partial charge in [0, 0.05) is 12.0 Å². The summed E-state index contributed by atoms with van der Waals surface area (Å²) in [6.45, 7) is 5.21. The first kappa shape index (κ1) is 20.7. The maximum atomic E-state index is 13.0. The zero-order valence-corrected chi connectivity index (χ0v) is 17.3. The Hall–Kier alpha value is -3.07. The molecule has 2 amide bonds. The van der Waals surface area contributed by atoms with Gasteiger partial charge in [-0.25, -0.2) is 22.7 Å². The Labute approximate surface area is 169 Å². The number of anilines is 1. The SMILES string of the molecule is COc1ccccc1NC(=O)NS(=O)(=O)C1=C(C)C=C(C)C2C(C)=CC(=O)OC12. The summed E-state index contributed by atoms with van der Waals surface area (Å²) in [6, 6.07) is 5.65. The van der Waals surface area contributed by atoms with Crippen LogP contribution in [0.1, 0.15) is 20.8 Å². The number of urea groups is 1. The Morgan fingerprint density at radius 1 is 1.10 bits per heavy atom. The second-order valence-corrected chi connectivity index (χ2v) is 8.57. The number of fused-ring (bicyclic) bond motifs is 1. The summed E-state index contributed by atoms with van der Waals surface area (Å²) in [4.78, 5) is 24.1. The van der Waals surface area contributed by atoms with E-state index in [1.807, 2.05) is 11.6 Å². The molecule has 1 aromatic carbocycles. The van der Waals surface area contributed by atoms with E-state index in [9.17, 15) is 18.0 Å². The quantitative estimate of drug-likeness (QED) is 0.728. The molecular weight excluding hydrogens is 396 g/mol. The fourth-order valence-electron chi connectivity index (χ4n) is 3.71. The molecule has 9 heteroatoms. The van der Waals surface area contributed by atoms with Gasteiger partial charge >= 0.3 is 12.0 Å². The zero-order chi connectivity index (χ0) is 21.3. The molecule has 0 radical (unpaired) electrons. The van der Waals surface area contributed by atoms with Crippen LogP contribution in [0.4, 0.5) is 10.5 Å². The van der Waals surface area contributed by atoms with Gasteiger partial charge in [0.15, 0.2) is 6.10 Å². The average Bonchev–Trinajstić information content (AvgIpc) is 2.60. The molecule has 29 heavy (non-hydrogen) atoms. The first-order valence-corrected chi connectivity index (χ1v) is 10.4. The van der Waals surface area contributed by atoms with Gasteiger partial charge in [-0.2, -0.15) is 0 Å². The normalized spacial score (nSPS) is 21.4. The third-order valence-electron chi connectivity index (χ3n) is 4.84. The lowest BCUT2D eigenvalue weighted by atomic mass is 9.81. The predicted octanol–water partition coefficient (Wildman–Crippen LogP) is 2.87. The number of carbonyl (C=O) groups excluding carboxylic acids is 2. The minimum atomic E-state index is -4.28. The van der Waals surface area contributed by atoms with Crippen LogP contribution in [-0.2, 0) is 19.6 Å². The second kappa shape index (κ2) is 7.75. The van der Waals surface area contributed by atoms with Crippen molar-refractivity contribution in [2.75, 3.05) is 12.4 Å². The highest BCUT2D eigenvalue weighted by Gasteiger charge is 2.43. The molecule has 1 heterocycles. The maximum Gasteiger partial charge on any atom is 0.333 e. The number of hydrogen-bond acceptors (Lipinski definition) is 6. The van der Waals surface area contributed by atoms with E-state index in [1.54, 1.807) is 44.2 Å². The van der Waals surface area contributed by atoms with Crippen LogP contribution in [0.5, 0.6) is 5.75 Å². The molecule has 154 valence electrons. The zero-order valence-electron chi connectivity index (χ0n) is 16.5. The van der Waals surface area contributed by atoms with Gasteiger partial charge in [-0.1, -0.05) is 29.4 Å². The van der Waals surface area contributed by atoms with Gasteiger partial charge in [-0.15, -0.1) is 0 Å². The minimum absolute atomic E-state index is 0.135. The minimum Gasteiger partial charge on any atom is -0.495 e. The van der Waals surface area contributed by atoms with Crippen molar-refractivity contribution in [1.29, 1.82) is 0 Å².